The summed E-state index contributed by atoms with van der Waals surface area (Å²) in [5, 5.41) is 0. The molecular weight excluding hydrogens is 104 g/mol. The predicted octanol–water partition coefficient (Wildman–Crippen LogP) is -0.117. The summed E-state index contributed by atoms with van der Waals surface area (Å²) in [7, 11) is 3.36. The summed E-state index contributed by atoms with van der Waals surface area (Å²) in [6, 6.07) is 1.35. The molecule has 0 bridgehead atoms. The summed E-state index contributed by atoms with van der Waals surface area (Å²) in [6.45, 7) is 0. The van der Waals surface area contributed by atoms with E-state index < -0.39 is 0 Å². The third kappa shape index (κ3) is 0.753. The van der Waals surface area contributed by atoms with Crippen LogP contribution < -0.4 is 5.56 Å². The lowest BCUT2D eigenvalue weighted by Crippen LogP contribution is -2.12. The predicted molar refractivity (Wildman–Crippen MR) is 29.3 cm³/mol. The molecule has 1 aromatic heterocycles. The highest BCUT2D eigenvalue weighted by molar-refractivity contribution is 4.82. The van der Waals surface area contributed by atoms with Crippen LogP contribution in [0.4, 0.5) is 0 Å². The van der Waals surface area contributed by atoms with Crippen LogP contribution in [0, 0.1) is 7.05 Å². The molecule has 0 aromatic carbocycles. The summed E-state index contributed by atoms with van der Waals surface area (Å²) >= 11 is 0. The topological polar surface area (TPSA) is 34.9 Å². The van der Waals surface area contributed by atoms with Gasteiger partial charge >= 0.3 is 0 Å². The van der Waals surface area contributed by atoms with E-state index in [0.29, 0.717) is 0 Å². The molecule has 0 atom stereocenters. The molecule has 8 heavy (non-hydrogen) atoms. The van der Waals surface area contributed by atoms with Crippen LogP contribution in [0.3, 0.4) is 0 Å². The Kier molecular flexibility index (Phi) is 1.12. The van der Waals surface area contributed by atoms with Crippen LogP contribution in [0.5, 0.6) is 0 Å². The minimum Gasteiger partial charge on any atom is -0.297 e. The number of nitrogens with zero attached hydrogens (tertiary/aromatic N) is 2. The van der Waals surface area contributed by atoms with Gasteiger partial charge in [-0.2, -0.15) is 0 Å². The van der Waals surface area contributed by atoms with E-state index in [1.54, 1.807) is 0 Å². The molecule has 0 aliphatic carbocycles. The standard InChI is InChI=1S/C5H5N2O/c1-7-4-6-3-2-5(7)8/h2-4H,1H2. The zero-order valence-corrected chi connectivity index (χ0v) is 4.24. The second-order valence-corrected chi connectivity index (χ2v) is 1.39. The summed E-state index contributed by atoms with van der Waals surface area (Å²) in [5.74, 6) is 0. The van der Waals surface area contributed by atoms with Crippen LogP contribution in [-0.2, 0) is 0 Å². The van der Waals surface area contributed by atoms with Gasteiger partial charge in [-0.15, -0.1) is 0 Å². The Balaban J connectivity index is 3.35. The van der Waals surface area contributed by atoms with Gasteiger partial charge in [-0.3, -0.25) is 9.36 Å². The summed E-state index contributed by atoms with van der Waals surface area (Å²) < 4.78 is 1.17. The van der Waals surface area contributed by atoms with Crippen molar-refractivity contribution >= 4 is 0 Å². The van der Waals surface area contributed by atoms with Crippen molar-refractivity contribution in [2.75, 3.05) is 0 Å². The first-order chi connectivity index (χ1) is 3.80. The van der Waals surface area contributed by atoms with Crippen LogP contribution in [0.15, 0.2) is 23.4 Å². The largest absolute Gasteiger partial charge is 0.297 e. The molecule has 41 valence electrons. The molecule has 1 rings (SSSR count). The molecule has 1 heterocycles. The summed E-state index contributed by atoms with van der Waals surface area (Å²) in [6.07, 6.45) is 2.80. The van der Waals surface area contributed by atoms with E-state index in [-0.39, 0.29) is 5.56 Å². The number of hydrogen-bond donors (Lipinski definition) is 0. The van der Waals surface area contributed by atoms with Crippen LogP contribution in [0.25, 0.3) is 0 Å². The van der Waals surface area contributed by atoms with Crippen LogP contribution in [-0.4, -0.2) is 9.55 Å². The van der Waals surface area contributed by atoms with E-state index in [9.17, 15) is 4.79 Å². The average Bonchev–Trinajstić information content (AvgIpc) is 1.77. The van der Waals surface area contributed by atoms with Gasteiger partial charge in [0.05, 0.1) is 6.33 Å². The number of rotatable bonds is 0. The Bertz CT molecular complexity index is 228. The fourth-order valence-electron chi connectivity index (χ4n) is 0.378. The van der Waals surface area contributed by atoms with Gasteiger partial charge in [0.15, 0.2) is 0 Å². The van der Waals surface area contributed by atoms with E-state index in [1.807, 2.05) is 0 Å². The zero-order valence-electron chi connectivity index (χ0n) is 4.24. The van der Waals surface area contributed by atoms with Crippen LogP contribution in [0.1, 0.15) is 0 Å². The molecule has 0 saturated heterocycles. The van der Waals surface area contributed by atoms with Crippen molar-refractivity contribution in [1.82, 2.24) is 9.55 Å². The highest BCUT2D eigenvalue weighted by Crippen LogP contribution is 1.67. The molecule has 0 amide bonds. The third-order valence-corrected chi connectivity index (χ3v) is 0.792. The Labute approximate surface area is 46.6 Å². The van der Waals surface area contributed by atoms with E-state index in [1.165, 1.54) is 23.2 Å². The fourth-order valence-corrected chi connectivity index (χ4v) is 0.378. The molecule has 1 radical (unpaired) electrons. The smallest absolute Gasteiger partial charge is 0.253 e. The van der Waals surface area contributed by atoms with Crippen molar-refractivity contribution in [1.29, 1.82) is 0 Å². The van der Waals surface area contributed by atoms with Crippen molar-refractivity contribution in [3.8, 4) is 0 Å². The summed E-state index contributed by atoms with van der Waals surface area (Å²) in [5.41, 5.74) is -0.139. The molecule has 3 heteroatoms. The molecule has 0 fully saturated rings. The van der Waals surface area contributed by atoms with Gasteiger partial charge in [0, 0.05) is 19.3 Å². The molecule has 0 spiro atoms. The minimum absolute atomic E-state index is 0.139. The van der Waals surface area contributed by atoms with Gasteiger partial charge in [-0.25, -0.2) is 4.98 Å². The van der Waals surface area contributed by atoms with Crippen molar-refractivity contribution in [3.05, 3.63) is 36.0 Å². The third-order valence-electron chi connectivity index (χ3n) is 0.792. The lowest BCUT2D eigenvalue weighted by Gasteiger charge is -1.87. The molecular formula is C5H5N2O. The number of aromatic nitrogens is 2. The van der Waals surface area contributed by atoms with Crippen molar-refractivity contribution in [2.45, 2.75) is 0 Å². The molecule has 0 aliphatic heterocycles. The first-order valence-corrected chi connectivity index (χ1v) is 2.14. The monoisotopic (exact) mass is 109 g/mol. The maximum Gasteiger partial charge on any atom is 0.253 e. The van der Waals surface area contributed by atoms with E-state index in [4.69, 9.17) is 0 Å². The molecule has 0 unspecified atom stereocenters. The van der Waals surface area contributed by atoms with E-state index in [2.05, 4.69) is 12.0 Å². The Morgan fingerprint density at radius 3 is 2.88 bits per heavy atom. The van der Waals surface area contributed by atoms with Crippen molar-refractivity contribution in [2.24, 2.45) is 0 Å². The fraction of sp³-hybridized carbons (Fsp3) is 0. The highest BCUT2D eigenvalue weighted by Gasteiger charge is 1.80. The SMILES string of the molecule is [CH2]n1cnccc1=O. The maximum absolute atomic E-state index is 10.5. The first-order valence-electron chi connectivity index (χ1n) is 2.14. The van der Waals surface area contributed by atoms with Crippen LogP contribution >= 0.6 is 0 Å². The molecule has 0 aliphatic rings. The molecule has 3 nitrogen and oxygen atoms in total. The lowest BCUT2D eigenvalue weighted by molar-refractivity contribution is 0.934. The van der Waals surface area contributed by atoms with Gasteiger partial charge in [-0.1, -0.05) is 0 Å². The van der Waals surface area contributed by atoms with Crippen LogP contribution in [0.2, 0.25) is 0 Å². The second-order valence-electron chi connectivity index (χ2n) is 1.39. The molecule has 1 aromatic rings. The second kappa shape index (κ2) is 1.78. The summed E-state index contributed by atoms with van der Waals surface area (Å²) in [4.78, 5) is 14.1. The Morgan fingerprint density at radius 1 is 1.75 bits per heavy atom. The average molecular weight is 109 g/mol. The van der Waals surface area contributed by atoms with E-state index >= 15 is 0 Å². The van der Waals surface area contributed by atoms with Gasteiger partial charge in [0.25, 0.3) is 5.56 Å². The quantitative estimate of drug-likeness (QED) is 0.465. The zero-order chi connectivity index (χ0) is 5.98. The lowest BCUT2D eigenvalue weighted by atomic mass is 10.6. The Morgan fingerprint density at radius 2 is 2.50 bits per heavy atom. The maximum atomic E-state index is 10.5. The minimum atomic E-state index is -0.139. The number of hydrogen-bond acceptors (Lipinski definition) is 2. The normalized spacial score (nSPS) is 9.12. The van der Waals surface area contributed by atoms with Gasteiger partial charge in [-0.05, 0) is 0 Å². The Hall–Kier alpha value is -1.12. The van der Waals surface area contributed by atoms with Gasteiger partial charge < -0.3 is 0 Å². The first kappa shape index (κ1) is 5.03. The molecule has 0 N–H and O–H groups in total. The van der Waals surface area contributed by atoms with Gasteiger partial charge in [0.2, 0.25) is 0 Å². The van der Waals surface area contributed by atoms with E-state index in [0.717, 1.165) is 0 Å². The van der Waals surface area contributed by atoms with Crippen molar-refractivity contribution < 1.29 is 0 Å². The molecule has 0 saturated carbocycles. The highest BCUT2D eigenvalue weighted by atomic mass is 16.1. The van der Waals surface area contributed by atoms with Gasteiger partial charge in [0.1, 0.15) is 0 Å². The van der Waals surface area contributed by atoms with Crippen molar-refractivity contribution in [3.63, 3.8) is 0 Å².